The zero-order valence-electron chi connectivity index (χ0n) is 17.0. The molecule has 3 aromatic heterocycles. The summed E-state index contributed by atoms with van der Waals surface area (Å²) in [5.41, 5.74) is 4.07. The third-order valence-corrected chi connectivity index (χ3v) is 7.84. The molecule has 0 bridgehead atoms. The smallest absolute Gasteiger partial charge is 0.226 e. The number of rotatable bonds is 3. The molecule has 0 spiro atoms. The first-order valence-corrected chi connectivity index (χ1v) is 12.3. The Morgan fingerprint density at radius 3 is 2.84 bits per heavy atom. The van der Waals surface area contributed by atoms with Gasteiger partial charge < -0.3 is 14.4 Å². The van der Waals surface area contributed by atoms with Crippen LogP contribution < -0.4 is 4.90 Å². The van der Waals surface area contributed by atoms with Gasteiger partial charge in [-0.3, -0.25) is 0 Å². The average Bonchev–Trinajstić information content (AvgIpc) is 3.43. The van der Waals surface area contributed by atoms with Crippen LogP contribution in [0.2, 0.25) is 0 Å². The second-order valence-corrected chi connectivity index (χ2v) is 9.65. The number of ether oxygens (including phenoxy) is 2. The number of fused-ring (bicyclic) bond motifs is 2. The minimum atomic E-state index is 0.00621. The Kier molecular flexibility index (Phi) is 5.14. The van der Waals surface area contributed by atoms with Crippen LogP contribution in [0, 0.1) is 0 Å². The molecule has 0 saturated carbocycles. The molecular formula is C22H22BrN5O2S. The Bertz CT molecular complexity index is 1240. The molecule has 5 heterocycles. The molecule has 0 N–H and O–H groups in total. The standard InChI is InChI=1S/C22H22BrN5O2S/c23-16-13-31-21-19(25-22(26-20(16)21)27-6-9-29-10-7-27)14-4-5-15-12-24-28(17(15)11-14)18-3-1-2-8-30-18/h4-5,11-13,18H,1-3,6-10H2. The van der Waals surface area contributed by atoms with Crippen molar-refractivity contribution in [1.29, 1.82) is 0 Å². The predicted octanol–water partition coefficient (Wildman–Crippen LogP) is 5.01. The number of hydrogen-bond acceptors (Lipinski definition) is 7. The van der Waals surface area contributed by atoms with Crippen LogP contribution in [-0.4, -0.2) is 52.7 Å². The maximum Gasteiger partial charge on any atom is 0.226 e. The number of hydrogen-bond donors (Lipinski definition) is 0. The summed E-state index contributed by atoms with van der Waals surface area (Å²) in [5, 5.41) is 7.85. The average molecular weight is 500 g/mol. The van der Waals surface area contributed by atoms with Crippen LogP contribution in [0.4, 0.5) is 5.95 Å². The molecule has 2 fully saturated rings. The van der Waals surface area contributed by atoms with Crippen LogP contribution >= 0.6 is 27.3 Å². The zero-order chi connectivity index (χ0) is 20.8. The molecule has 9 heteroatoms. The summed E-state index contributed by atoms with van der Waals surface area (Å²) in [5.74, 6) is 0.758. The van der Waals surface area contributed by atoms with Gasteiger partial charge in [-0.1, -0.05) is 12.1 Å². The van der Waals surface area contributed by atoms with E-state index in [1.54, 1.807) is 11.3 Å². The van der Waals surface area contributed by atoms with Gasteiger partial charge in [0.15, 0.2) is 6.23 Å². The molecule has 1 unspecified atom stereocenters. The van der Waals surface area contributed by atoms with Crippen molar-refractivity contribution in [3.05, 3.63) is 34.2 Å². The van der Waals surface area contributed by atoms with Crippen molar-refractivity contribution < 1.29 is 9.47 Å². The lowest BCUT2D eigenvalue weighted by Crippen LogP contribution is -2.37. The molecule has 0 radical (unpaired) electrons. The van der Waals surface area contributed by atoms with Gasteiger partial charge in [0.2, 0.25) is 5.95 Å². The van der Waals surface area contributed by atoms with Crippen molar-refractivity contribution in [2.45, 2.75) is 25.5 Å². The van der Waals surface area contributed by atoms with E-state index in [0.717, 1.165) is 75.3 Å². The first-order valence-electron chi connectivity index (χ1n) is 10.6. The molecule has 2 aliphatic heterocycles. The van der Waals surface area contributed by atoms with Crippen molar-refractivity contribution in [2.75, 3.05) is 37.8 Å². The molecule has 1 atom stereocenters. The highest BCUT2D eigenvalue weighted by molar-refractivity contribution is 9.10. The molecule has 2 aliphatic rings. The summed E-state index contributed by atoms with van der Waals surface area (Å²) in [7, 11) is 0. The van der Waals surface area contributed by atoms with E-state index in [-0.39, 0.29) is 6.23 Å². The number of aromatic nitrogens is 4. The van der Waals surface area contributed by atoms with Crippen LogP contribution in [0.15, 0.2) is 34.2 Å². The van der Waals surface area contributed by atoms with Crippen LogP contribution in [-0.2, 0) is 9.47 Å². The summed E-state index contributed by atoms with van der Waals surface area (Å²) in [6.45, 7) is 3.81. The molecule has 160 valence electrons. The quantitative estimate of drug-likeness (QED) is 0.394. The van der Waals surface area contributed by atoms with Gasteiger partial charge in [0.1, 0.15) is 5.52 Å². The van der Waals surface area contributed by atoms with E-state index in [1.165, 1.54) is 6.42 Å². The first-order chi connectivity index (χ1) is 15.3. The number of benzene rings is 1. The topological polar surface area (TPSA) is 65.3 Å². The Morgan fingerprint density at radius 2 is 2.00 bits per heavy atom. The minimum Gasteiger partial charge on any atom is -0.378 e. The summed E-state index contributed by atoms with van der Waals surface area (Å²) in [6.07, 6.45) is 5.22. The number of morpholine rings is 1. The van der Waals surface area contributed by atoms with E-state index < -0.39 is 0 Å². The molecular weight excluding hydrogens is 478 g/mol. The van der Waals surface area contributed by atoms with Crippen molar-refractivity contribution >= 4 is 54.3 Å². The summed E-state index contributed by atoms with van der Waals surface area (Å²) >= 11 is 5.34. The van der Waals surface area contributed by atoms with Crippen molar-refractivity contribution in [1.82, 2.24) is 19.7 Å². The third-order valence-electron chi connectivity index (χ3n) is 5.95. The highest BCUT2D eigenvalue weighted by Gasteiger charge is 2.22. The maximum absolute atomic E-state index is 6.00. The van der Waals surface area contributed by atoms with Gasteiger partial charge in [-0.15, -0.1) is 11.3 Å². The lowest BCUT2D eigenvalue weighted by Gasteiger charge is -2.27. The zero-order valence-corrected chi connectivity index (χ0v) is 19.4. The summed E-state index contributed by atoms with van der Waals surface area (Å²) < 4.78 is 15.6. The highest BCUT2D eigenvalue weighted by atomic mass is 79.9. The van der Waals surface area contributed by atoms with Crippen LogP contribution in [0.3, 0.4) is 0 Å². The monoisotopic (exact) mass is 499 g/mol. The van der Waals surface area contributed by atoms with E-state index in [1.807, 2.05) is 10.9 Å². The number of halogens is 1. The largest absolute Gasteiger partial charge is 0.378 e. The van der Waals surface area contributed by atoms with E-state index in [9.17, 15) is 0 Å². The molecule has 0 aliphatic carbocycles. The molecule has 2 saturated heterocycles. The Morgan fingerprint density at radius 1 is 1.10 bits per heavy atom. The van der Waals surface area contributed by atoms with Crippen LogP contribution in [0.25, 0.3) is 32.4 Å². The van der Waals surface area contributed by atoms with Crippen LogP contribution in [0.5, 0.6) is 0 Å². The fraction of sp³-hybridized carbons (Fsp3) is 0.409. The fourth-order valence-corrected chi connectivity index (χ4v) is 5.88. The van der Waals surface area contributed by atoms with Gasteiger partial charge in [0.05, 0.1) is 39.8 Å². The van der Waals surface area contributed by atoms with E-state index >= 15 is 0 Å². The number of nitrogens with zero attached hydrogens (tertiary/aromatic N) is 5. The van der Waals surface area contributed by atoms with Gasteiger partial charge in [0.25, 0.3) is 0 Å². The molecule has 1 aromatic carbocycles. The van der Waals surface area contributed by atoms with E-state index in [4.69, 9.17) is 19.4 Å². The third kappa shape index (κ3) is 3.53. The van der Waals surface area contributed by atoms with Gasteiger partial charge in [-0.05, 0) is 41.3 Å². The number of thiophene rings is 1. The lowest BCUT2D eigenvalue weighted by atomic mass is 10.1. The van der Waals surface area contributed by atoms with E-state index in [2.05, 4.69) is 49.5 Å². The van der Waals surface area contributed by atoms with Crippen molar-refractivity contribution in [2.24, 2.45) is 0 Å². The van der Waals surface area contributed by atoms with Crippen LogP contribution in [0.1, 0.15) is 25.5 Å². The second-order valence-electron chi connectivity index (χ2n) is 7.92. The molecule has 7 nitrogen and oxygen atoms in total. The minimum absolute atomic E-state index is 0.00621. The van der Waals surface area contributed by atoms with Crippen molar-refractivity contribution in [3.63, 3.8) is 0 Å². The van der Waals surface area contributed by atoms with E-state index in [0.29, 0.717) is 13.2 Å². The number of anilines is 1. The summed E-state index contributed by atoms with van der Waals surface area (Å²) in [4.78, 5) is 12.1. The van der Waals surface area contributed by atoms with Gasteiger partial charge >= 0.3 is 0 Å². The summed E-state index contributed by atoms with van der Waals surface area (Å²) in [6, 6.07) is 6.45. The Labute approximate surface area is 192 Å². The Hall–Kier alpha value is -2.07. The normalized spacial score (nSPS) is 20.0. The molecule has 31 heavy (non-hydrogen) atoms. The SMILES string of the molecule is Brc1csc2c(-c3ccc4cnn(C5CCCCO5)c4c3)nc(N3CCOCC3)nc12. The first kappa shape index (κ1) is 19.6. The van der Waals surface area contributed by atoms with Gasteiger partial charge in [-0.2, -0.15) is 5.10 Å². The van der Waals surface area contributed by atoms with Gasteiger partial charge in [-0.25, -0.2) is 14.6 Å². The lowest BCUT2D eigenvalue weighted by molar-refractivity contribution is -0.0366. The molecule has 6 rings (SSSR count). The Balaban J connectivity index is 1.49. The highest BCUT2D eigenvalue weighted by Crippen LogP contribution is 2.38. The second kappa shape index (κ2) is 8.12. The predicted molar refractivity (Wildman–Crippen MR) is 126 cm³/mol. The maximum atomic E-state index is 6.00. The molecule has 0 amide bonds. The van der Waals surface area contributed by atoms with Gasteiger partial charge in [0, 0.05) is 36.0 Å². The molecule has 4 aromatic rings. The fourth-order valence-electron chi connectivity index (χ4n) is 4.31. The van der Waals surface area contributed by atoms with Crippen molar-refractivity contribution in [3.8, 4) is 11.3 Å².